The predicted octanol–water partition coefficient (Wildman–Crippen LogP) is 14.8. The first-order valence-electron chi connectivity index (χ1n) is 22.2. The molecule has 6 nitrogen and oxygen atoms in total. The fourth-order valence-corrected chi connectivity index (χ4v) is 11.6. The molecule has 0 bridgehead atoms. The van der Waals surface area contributed by atoms with Crippen molar-refractivity contribution >= 4 is 103 Å². The van der Waals surface area contributed by atoms with E-state index < -0.39 is 0 Å². The Morgan fingerprint density at radius 3 is 1.65 bits per heavy atom. The lowest BCUT2D eigenvalue weighted by molar-refractivity contribution is 0.954. The minimum atomic E-state index is 0.583. The summed E-state index contributed by atoms with van der Waals surface area (Å²) in [5.41, 5.74) is 13.5. The van der Waals surface area contributed by atoms with Gasteiger partial charge in [0.15, 0.2) is 11.6 Å². The van der Waals surface area contributed by atoms with E-state index >= 15 is 0 Å². The Kier molecular flexibility index (Phi) is 6.21. The molecule has 0 fully saturated rings. The Balaban J connectivity index is 1.02. The van der Waals surface area contributed by atoms with Crippen LogP contribution in [0.25, 0.3) is 149 Å². The second-order valence-corrected chi connectivity index (χ2v) is 17.6. The summed E-state index contributed by atoms with van der Waals surface area (Å²) in [6.07, 6.45) is 0. The first kappa shape index (κ1) is 33.7. The lowest BCUT2D eigenvalue weighted by atomic mass is 9.96. The fraction of sp³-hybridized carbons (Fsp3) is 0. The number of fused-ring (bicyclic) bond motifs is 5. The number of rotatable bonds is 5. The molecule has 0 N–H and O–H groups in total. The van der Waals surface area contributed by atoms with Gasteiger partial charge in [-0.1, -0.05) is 158 Å². The number of hydrogen-bond donors (Lipinski definition) is 0. The van der Waals surface area contributed by atoms with E-state index in [2.05, 4.69) is 208 Å². The van der Waals surface area contributed by atoms with E-state index in [9.17, 15) is 0 Å². The highest BCUT2D eigenvalue weighted by atomic mass is 15.2. The summed E-state index contributed by atoms with van der Waals surface area (Å²) >= 11 is 0. The minimum Gasteiger partial charge on any atom is -0.309 e. The molecule has 0 atom stereocenters. The molecule has 0 spiro atoms. The van der Waals surface area contributed by atoms with Crippen LogP contribution in [0.1, 0.15) is 0 Å². The van der Waals surface area contributed by atoms with Crippen molar-refractivity contribution < 1.29 is 0 Å². The van der Waals surface area contributed by atoms with E-state index in [0.29, 0.717) is 17.6 Å². The van der Waals surface area contributed by atoms with Gasteiger partial charge in [-0.2, -0.15) is 9.97 Å². The van der Waals surface area contributed by atoms with Crippen molar-refractivity contribution in [3.05, 3.63) is 194 Å². The van der Waals surface area contributed by atoms with Gasteiger partial charge in [-0.05, 0) is 58.3 Å². The van der Waals surface area contributed by atoms with Crippen molar-refractivity contribution in [2.24, 2.45) is 0 Å². The van der Waals surface area contributed by atoms with Crippen LogP contribution in [0.4, 0.5) is 0 Å². The highest BCUT2D eigenvalue weighted by Crippen LogP contribution is 2.51. The molecule has 0 saturated heterocycles. The summed E-state index contributed by atoms with van der Waals surface area (Å²) in [5.74, 6) is 1.81. The van der Waals surface area contributed by atoms with Crippen molar-refractivity contribution in [3.8, 4) is 45.5 Å². The van der Waals surface area contributed by atoms with Crippen LogP contribution in [0.5, 0.6) is 0 Å². The molecule has 0 radical (unpaired) electrons. The molecule has 6 heterocycles. The largest absolute Gasteiger partial charge is 0.309 e. The van der Waals surface area contributed by atoms with E-state index in [1.807, 2.05) is 0 Å². The lowest BCUT2D eigenvalue weighted by Gasteiger charge is -2.13. The molecule has 0 aliphatic heterocycles. The van der Waals surface area contributed by atoms with Crippen molar-refractivity contribution in [3.63, 3.8) is 0 Å². The predicted molar refractivity (Wildman–Crippen MR) is 268 cm³/mol. The smallest absolute Gasteiger partial charge is 0.238 e. The van der Waals surface area contributed by atoms with E-state index in [-0.39, 0.29) is 0 Å². The van der Waals surface area contributed by atoms with Crippen LogP contribution in [0, 0.1) is 0 Å². The van der Waals surface area contributed by atoms with Gasteiger partial charge >= 0.3 is 0 Å². The average molecular weight is 825 g/mol. The number of aromatic nitrogens is 6. The molecule has 298 valence electrons. The van der Waals surface area contributed by atoms with Crippen LogP contribution >= 0.6 is 0 Å². The highest BCUT2D eigenvalue weighted by Gasteiger charge is 2.29. The van der Waals surface area contributed by atoms with Gasteiger partial charge < -0.3 is 8.97 Å². The zero-order valence-electron chi connectivity index (χ0n) is 34.7. The highest BCUT2D eigenvalue weighted by molar-refractivity contribution is 6.41. The second kappa shape index (κ2) is 12.0. The summed E-state index contributed by atoms with van der Waals surface area (Å²) < 4.78 is 7.22. The van der Waals surface area contributed by atoms with E-state index in [0.717, 1.165) is 44.4 Å². The van der Waals surface area contributed by atoms with Crippen LogP contribution in [0.3, 0.4) is 0 Å². The Hall–Kier alpha value is -8.87. The Bertz CT molecular complexity index is 4560. The van der Waals surface area contributed by atoms with E-state index in [1.165, 1.54) is 86.7 Å². The average Bonchev–Trinajstić information content (AvgIpc) is 4.08. The van der Waals surface area contributed by atoms with Crippen LogP contribution in [0.2, 0.25) is 0 Å². The van der Waals surface area contributed by atoms with Crippen molar-refractivity contribution in [2.75, 3.05) is 0 Å². The monoisotopic (exact) mass is 824 g/mol. The van der Waals surface area contributed by atoms with Crippen molar-refractivity contribution in [2.45, 2.75) is 0 Å². The maximum atomic E-state index is 5.51. The maximum Gasteiger partial charge on any atom is 0.238 e. The number of hydrogen-bond acceptors (Lipinski definition) is 3. The van der Waals surface area contributed by atoms with Gasteiger partial charge in [0.05, 0.1) is 38.6 Å². The molecule has 0 amide bonds. The topological polar surface area (TPSA) is 52.9 Å². The molecular weight excluding hydrogens is 793 g/mol. The number of para-hydroxylation sites is 3. The third kappa shape index (κ3) is 4.26. The number of benzene rings is 10. The Labute approximate surface area is 369 Å². The first-order valence-corrected chi connectivity index (χ1v) is 22.2. The molecule has 6 aromatic heterocycles. The third-order valence-corrected chi connectivity index (χ3v) is 14.3. The molecule has 0 saturated carbocycles. The number of nitrogens with zero attached hydrogens (tertiary/aromatic N) is 6. The standard InChI is InChI=1S/C59H32N6/c1-3-10-33(11-4-1)34-18-22-37(23-19-34)57-60-58(38-25-27-41-40-14-7-8-17-46(40)63(49(41)32-38)39-12-5-2-6-13-39)62-59(61-57)64-47-30-26-35-20-21-36-24-28-44-42-15-9-16-43-45-29-31-48(64)53-52(47)50(35)51(36)55(44)65(54(42)43)56(45)53/h1-32H. The molecule has 6 heteroatoms. The van der Waals surface area contributed by atoms with E-state index in [1.54, 1.807) is 0 Å². The molecular formula is C59H32N6. The van der Waals surface area contributed by atoms with Gasteiger partial charge in [0, 0.05) is 70.7 Å². The summed E-state index contributed by atoms with van der Waals surface area (Å²) in [7, 11) is 0. The summed E-state index contributed by atoms with van der Waals surface area (Å²) in [4.78, 5) is 16.3. The summed E-state index contributed by atoms with van der Waals surface area (Å²) in [6, 6.07) is 70.2. The SMILES string of the molecule is c1ccc(-c2ccc(-c3nc(-c4ccc5c6ccccc6n(-c6ccccc6)c5c4)nc(-n4c5ccc6ccc7ccc8c9cccc%10c%11ccc4c4c5c6c7c8n(c9%10)c%114)n3)cc2)cc1. The Morgan fingerprint density at radius 1 is 0.292 bits per heavy atom. The van der Waals surface area contributed by atoms with Gasteiger partial charge in [0.1, 0.15) is 0 Å². The Morgan fingerprint density at radius 2 is 0.831 bits per heavy atom. The van der Waals surface area contributed by atoms with Crippen LogP contribution in [-0.2, 0) is 0 Å². The molecule has 10 aromatic carbocycles. The molecule has 0 unspecified atom stereocenters. The van der Waals surface area contributed by atoms with Crippen LogP contribution in [-0.4, -0.2) is 28.5 Å². The van der Waals surface area contributed by atoms with Crippen LogP contribution < -0.4 is 0 Å². The third-order valence-electron chi connectivity index (χ3n) is 14.3. The summed E-state index contributed by atoms with van der Waals surface area (Å²) in [5, 5.41) is 15.0. The minimum absolute atomic E-state index is 0.583. The van der Waals surface area contributed by atoms with Gasteiger partial charge in [-0.3, -0.25) is 4.57 Å². The van der Waals surface area contributed by atoms with Crippen molar-refractivity contribution in [1.29, 1.82) is 0 Å². The zero-order valence-corrected chi connectivity index (χ0v) is 34.7. The molecule has 0 aliphatic rings. The van der Waals surface area contributed by atoms with Gasteiger partial charge in [0.2, 0.25) is 5.95 Å². The molecule has 16 rings (SSSR count). The van der Waals surface area contributed by atoms with Gasteiger partial charge in [0.25, 0.3) is 0 Å². The summed E-state index contributed by atoms with van der Waals surface area (Å²) in [6.45, 7) is 0. The quantitative estimate of drug-likeness (QED) is 0.162. The molecule has 16 aromatic rings. The van der Waals surface area contributed by atoms with Gasteiger partial charge in [-0.25, -0.2) is 4.98 Å². The van der Waals surface area contributed by atoms with Crippen LogP contribution in [0.15, 0.2) is 194 Å². The van der Waals surface area contributed by atoms with E-state index in [4.69, 9.17) is 15.0 Å². The van der Waals surface area contributed by atoms with Crippen molar-refractivity contribution in [1.82, 2.24) is 28.5 Å². The lowest BCUT2D eigenvalue weighted by Crippen LogP contribution is -2.06. The zero-order chi connectivity index (χ0) is 42.1. The molecule has 65 heavy (non-hydrogen) atoms. The van der Waals surface area contributed by atoms with Gasteiger partial charge in [-0.15, -0.1) is 0 Å². The first-order chi connectivity index (χ1) is 32.2. The second-order valence-electron chi connectivity index (χ2n) is 17.6. The molecule has 0 aliphatic carbocycles. The fourth-order valence-electron chi connectivity index (χ4n) is 11.6. The maximum absolute atomic E-state index is 5.51. The normalized spacial score (nSPS) is 12.6.